The molecule has 0 atom stereocenters. The Hall–Kier alpha value is -1.77. The van der Waals surface area contributed by atoms with E-state index in [1.165, 1.54) is 6.20 Å². The quantitative estimate of drug-likeness (QED) is 0.699. The molecule has 0 radical (unpaired) electrons. The highest BCUT2D eigenvalue weighted by atomic mass is 32.2. The predicted molar refractivity (Wildman–Crippen MR) is 79.0 cm³/mol. The van der Waals surface area contributed by atoms with E-state index in [2.05, 4.69) is 25.2 Å². The third kappa shape index (κ3) is 3.87. The number of hydrogen-bond donors (Lipinski definition) is 3. The van der Waals surface area contributed by atoms with E-state index in [4.69, 9.17) is 0 Å². The maximum Gasteiger partial charge on any atom is 0.258 e. The number of pyridine rings is 1. The van der Waals surface area contributed by atoms with E-state index >= 15 is 0 Å². The lowest BCUT2D eigenvalue weighted by molar-refractivity contribution is 0.574. The van der Waals surface area contributed by atoms with Gasteiger partial charge in [0.25, 0.3) is 10.0 Å². The van der Waals surface area contributed by atoms with Crippen molar-refractivity contribution in [1.82, 2.24) is 25.2 Å². The van der Waals surface area contributed by atoms with Gasteiger partial charge in [-0.2, -0.15) is 5.10 Å². The monoisotopic (exact) mass is 309 g/mol. The summed E-state index contributed by atoms with van der Waals surface area (Å²) in [4.78, 5) is 4.00. The molecule has 21 heavy (non-hydrogen) atoms. The van der Waals surface area contributed by atoms with Crippen molar-refractivity contribution in [2.24, 2.45) is 0 Å². The molecule has 2 aromatic heterocycles. The van der Waals surface area contributed by atoms with E-state index in [0.717, 1.165) is 17.7 Å². The number of nitrogens with one attached hydrogen (secondary N) is 3. The van der Waals surface area contributed by atoms with Crippen LogP contribution in [0.15, 0.2) is 29.7 Å². The molecule has 0 saturated carbocycles. The van der Waals surface area contributed by atoms with Crippen molar-refractivity contribution in [3.63, 3.8) is 0 Å². The van der Waals surface area contributed by atoms with Gasteiger partial charge in [-0.1, -0.05) is 6.92 Å². The standard InChI is InChI=1S/C13H19N5O2S/c1-3-14-7-12-8-16-18-13(12)21(19,20)17-9-11-6-15-5-4-10(11)2/h4-6,8,14,17H,3,7,9H2,1-2H3,(H,16,18). The molecule has 0 aliphatic rings. The summed E-state index contributed by atoms with van der Waals surface area (Å²) in [6.45, 7) is 5.28. The van der Waals surface area contributed by atoms with Crippen molar-refractivity contribution in [3.05, 3.63) is 41.3 Å². The molecular formula is C13H19N5O2S. The molecule has 8 heteroatoms. The number of nitrogens with zero attached hydrogens (tertiary/aromatic N) is 2. The Kier molecular flexibility index (Phi) is 5.05. The smallest absolute Gasteiger partial charge is 0.258 e. The fourth-order valence-corrected chi connectivity index (χ4v) is 2.98. The minimum absolute atomic E-state index is 0.102. The second-order valence-electron chi connectivity index (χ2n) is 4.63. The van der Waals surface area contributed by atoms with Crippen molar-refractivity contribution in [2.75, 3.05) is 6.54 Å². The molecule has 0 amide bonds. The summed E-state index contributed by atoms with van der Waals surface area (Å²) in [5.41, 5.74) is 2.45. The first-order valence-corrected chi connectivity index (χ1v) is 8.15. The topological polar surface area (TPSA) is 99.8 Å². The fraction of sp³-hybridized carbons (Fsp3) is 0.385. The zero-order chi connectivity index (χ0) is 15.3. The SMILES string of the molecule is CCNCc1cn[nH]c1S(=O)(=O)NCc1cnccc1C. The third-order valence-corrected chi connectivity index (χ3v) is 4.53. The molecule has 2 aromatic rings. The highest BCUT2D eigenvalue weighted by Gasteiger charge is 2.20. The van der Waals surface area contributed by atoms with Gasteiger partial charge in [0.2, 0.25) is 0 Å². The molecule has 2 heterocycles. The van der Waals surface area contributed by atoms with Gasteiger partial charge in [-0.25, -0.2) is 13.1 Å². The number of aromatic nitrogens is 3. The number of hydrogen-bond acceptors (Lipinski definition) is 5. The van der Waals surface area contributed by atoms with Crippen LogP contribution in [0.25, 0.3) is 0 Å². The molecule has 0 fully saturated rings. The normalized spacial score (nSPS) is 11.7. The summed E-state index contributed by atoms with van der Waals surface area (Å²) >= 11 is 0. The van der Waals surface area contributed by atoms with Gasteiger partial charge in [-0.15, -0.1) is 0 Å². The van der Waals surface area contributed by atoms with Gasteiger partial charge in [0.1, 0.15) is 0 Å². The number of H-pyrrole nitrogens is 1. The van der Waals surface area contributed by atoms with Crippen LogP contribution >= 0.6 is 0 Å². The van der Waals surface area contributed by atoms with Gasteiger partial charge in [0.15, 0.2) is 5.03 Å². The van der Waals surface area contributed by atoms with Crippen LogP contribution in [0.4, 0.5) is 0 Å². The molecule has 0 aromatic carbocycles. The van der Waals surface area contributed by atoms with Crippen LogP contribution in [-0.2, 0) is 23.1 Å². The van der Waals surface area contributed by atoms with Crippen LogP contribution in [0.3, 0.4) is 0 Å². The zero-order valence-corrected chi connectivity index (χ0v) is 12.9. The van der Waals surface area contributed by atoms with Gasteiger partial charge in [-0.3, -0.25) is 10.1 Å². The number of sulfonamides is 1. The van der Waals surface area contributed by atoms with Gasteiger partial charge in [-0.05, 0) is 30.7 Å². The summed E-state index contributed by atoms with van der Waals surface area (Å²) in [6, 6.07) is 1.84. The molecule has 114 valence electrons. The molecule has 0 bridgehead atoms. The maximum atomic E-state index is 12.3. The molecule has 2 rings (SSSR count). The van der Waals surface area contributed by atoms with E-state index in [0.29, 0.717) is 12.1 Å². The maximum absolute atomic E-state index is 12.3. The fourth-order valence-electron chi connectivity index (χ4n) is 1.84. The molecular weight excluding hydrogens is 290 g/mol. The van der Waals surface area contributed by atoms with E-state index < -0.39 is 10.0 Å². The van der Waals surface area contributed by atoms with Gasteiger partial charge in [0, 0.05) is 31.0 Å². The van der Waals surface area contributed by atoms with Crippen LogP contribution in [-0.4, -0.2) is 30.1 Å². The summed E-state index contributed by atoms with van der Waals surface area (Å²) in [7, 11) is -3.63. The molecule has 7 nitrogen and oxygen atoms in total. The van der Waals surface area contributed by atoms with E-state index in [9.17, 15) is 8.42 Å². The molecule has 0 spiro atoms. The number of aromatic amines is 1. The first-order chi connectivity index (χ1) is 10.0. The average molecular weight is 309 g/mol. The van der Waals surface area contributed by atoms with Crippen LogP contribution in [0.1, 0.15) is 23.6 Å². The molecule has 0 aliphatic heterocycles. The van der Waals surface area contributed by atoms with Crippen molar-refractivity contribution < 1.29 is 8.42 Å². The van der Waals surface area contributed by atoms with Gasteiger partial charge in [0.05, 0.1) is 6.20 Å². The molecule has 0 aliphatic carbocycles. The Bertz CT molecular complexity index is 696. The summed E-state index contributed by atoms with van der Waals surface area (Å²) in [5.74, 6) is 0. The molecule has 0 saturated heterocycles. The predicted octanol–water partition coefficient (Wildman–Crippen LogP) is 0.701. The first kappa shape index (κ1) is 15.6. The Labute approximate surface area is 124 Å². The Balaban J connectivity index is 2.12. The lowest BCUT2D eigenvalue weighted by Gasteiger charge is -2.09. The second-order valence-corrected chi connectivity index (χ2v) is 6.34. The third-order valence-electron chi connectivity index (χ3n) is 3.11. The lowest BCUT2D eigenvalue weighted by Crippen LogP contribution is -2.26. The lowest BCUT2D eigenvalue weighted by atomic mass is 10.2. The number of aryl methyl sites for hydroxylation is 1. The van der Waals surface area contributed by atoms with Gasteiger partial charge >= 0.3 is 0 Å². The Morgan fingerprint density at radius 1 is 1.24 bits per heavy atom. The van der Waals surface area contributed by atoms with E-state index in [1.807, 2.05) is 19.9 Å². The largest absolute Gasteiger partial charge is 0.313 e. The van der Waals surface area contributed by atoms with Crippen molar-refractivity contribution in [2.45, 2.75) is 32.0 Å². The van der Waals surface area contributed by atoms with Crippen LogP contribution < -0.4 is 10.0 Å². The second kappa shape index (κ2) is 6.79. The van der Waals surface area contributed by atoms with Crippen molar-refractivity contribution >= 4 is 10.0 Å². The van der Waals surface area contributed by atoms with Crippen LogP contribution in [0, 0.1) is 6.92 Å². The minimum atomic E-state index is -3.63. The molecule has 0 unspecified atom stereocenters. The first-order valence-electron chi connectivity index (χ1n) is 6.66. The van der Waals surface area contributed by atoms with Crippen LogP contribution in [0.5, 0.6) is 0 Å². The zero-order valence-electron chi connectivity index (χ0n) is 12.0. The summed E-state index contributed by atoms with van der Waals surface area (Å²) < 4.78 is 27.2. The average Bonchev–Trinajstić information content (AvgIpc) is 2.93. The Morgan fingerprint density at radius 2 is 2.05 bits per heavy atom. The minimum Gasteiger partial charge on any atom is -0.313 e. The van der Waals surface area contributed by atoms with Crippen LogP contribution in [0.2, 0.25) is 0 Å². The van der Waals surface area contributed by atoms with Crippen molar-refractivity contribution in [3.8, 4) is 0 Å². The van der Waals surface area contributed by atoms with E-state index in [1.54, 1.807) is 12.4 Å². The highest BCUT2D eigenvalue weighted by Crippen LogP contribution is 2.13. The van der Waals surface area contributed by atoms with Gasteiger partial charge < -0.3 is 5.32 Å². The number of rotatable bonds is 7. The molecule has 3 N–H and O–H groups in total. The Morgan fingerprint density at radius 3 is 2.76 bits per heavy atom. The van der Waals surface area contributed by atoms with Crippen molar-refractivity contribution in [1.29, 1.82) is 0 Å². The van der Waals surface area contributed by atoms with E-state index in [-0.39, 0.29) is 11.6 Å². The summed E-state index contributed by atoms with van der Waals surface area (Å²) in [6.07, 6.45) is 4.85. The summed E-state index contributed by atoms with van der Waals surface area (Å²) in [5, 5.41) is 9.55. The highest BCUT2D eigenvalue weighted by molar-refractivity contribution is 7.89.